The average molecular weight is 329 g/mol. The second-order valence-electron chi connectivity index (χ2n) is 5.42. The van der Waals surface area contributed by atoms with Gasteiger partial charge in [0, 0.05) is 19.2 Å². The highest BCUT2D eigenvalue weighted by Crippen LogP contribution is 2.31. The van der Waals surface area contributed by atoms with E-state index in [9.17, 15) is 22.8 Å². The molecule has 1 atom stereocenters. The van der Waals surface area contributed by atoms with Gasteiger partial charge in [-0.2, -0.15) is 13.2 Å². The number of hydrogen-bond donors (Lipinski definition) is 1. The topological polar surface area (TPSA) is 62.3 Å². The van der Waals surface area contributed by atoms with Gasteiger partial charge in [-0.05, 0) is 25.0 Å². The molecule has 1 aromatic rings. The van der Waals surface area contributed by atoms with E-state index in [2.05, 4.69) is 4.98 Å². The summed E-state index contributed by atoms with van der Waals surface area (Å²) in [4.78, 5) is 28.8. The van der Waals surface area contributed by atoms with Crippen molar-refractivity contribution >= 4 is 11.8 Å². The van der Waals surface area contributed by atoms with E-state index >= 15 is 0 Å². The molecule has 0 bridgehead atoms. The number of alkyl halides is 3. The van der Waals surface area contributed by atoms with Crippen molar-refractivity contribution in [3.63, 3.8) is 0 Å². The van der Waals surface area contributed by atoms with E-state index in [0.29, 0.717) is 13.0 Å². The maximum absolute atomic E-state index is 13.2. The number of halogens is 3. The molecule has 8 heteroatoms. The number of rotatable bonds is 4. The van der Waals surface area contributed by atoms with E-state index in [0.717, 1.165) is 19.3 Å². The van der Waals surface area contributed by atoms with Crippen molar-refractivity contribution in [2.24, 2.45) is 0 Å². The third kappa shape index (κ3) is 4.94. The summed E-state index contributed by atoms with van der Waals surface area (Å²) in [6.07, 6.45) is -0.720. The lowest BCUT2D eigenvalue weighted by molar-refractivity contribution is -0.164. The van der Waals surface area contributed by atoms with Crippen LogP contribution in [-0.4, -0.2) is 41.0 Å². The molecule has 0 spiro atoms. The normalized spacial score (nSPS) is 17.5. The van der Waals surface area contributed by atoms with Crippen LogP contribution in [0.5, 0.6) is 0 Å². The van der Waals surface area contributed by atoms with E-state index in [1.165, 1.54) is 29.3 Å². The number of nitrogens with one attached hydrogen (secondary N) is 1. The van der Waals surface area contributed by atoms with Crippen molar-refractivity contribution in [3.8, 4) is 0 Å². The zero-order valence-corrected chi connectivity index (χ0v) is 12.5. The molecule has 0 radical (unpaired) electrons. The Kier molecular flexibility index (Phi) is 5.57. The molecule has 1 aromatic heterocycles. The maximum Gasteiger partial charge on any atom is 0.414 e. The molecule has 126 valence electrons. The Morgan fingerprint density at radius 3 is 2.74 bits per heavy atom. The van der Waals surface area contributed by atoms with Crippen LogP contribution in [0.4, 0.5) is 13.2 Å². The predicted octanol–water partition coefficient (Wildman–Crippen LogP) is 2.20. The van der Waals surface area contributed by atoms with Crippen molar-refractivity contribution in [2.45, 2.75) is 37.9 Å². The summed E-state index contributed by atoms with van der Waals surface area (Å²) in [7, 11) is 0. The van der Waals surface area contributed by atoms with Crippen molar-refractivity contribution < 1.29 is 22.8 Å². The van der Waals surface area contributed by atoms with Crippen LogP contribution < -0.4 is 5.32 Å². The maximum atomic E-state index is 13.2. The minimum absolute atomic E-state index is 0.195. The molecular formula is C15H18F3N3O2. The minimum Gasteiger partial charge on any atom is -0.338 e. The van der Waals surface area contributed by atoms with Crippen LogP contribution in [0.15, 0.2) is 24.4 Å². The Balaban J connectivity index is 2.04. The van der Waals surface area contributed by atoms with Gasteiger partial charge < -0.3 is 10.2 Å². The molecule has 1 aliphatic rings. The smallest absolute Gasteiger partial charge is 0.338 e. The molecule has 1 N–H and O–H groups in total. The van der Waals surface area contributed by atoms with Gasteiger partial charge >= 0.3 is 6.18 Å². The summed E-state index contributed by atoms with van der Waals surface area (Å²) in [5.41, 5.74) is -0.282. The molecule has 1 fully saturated rings. The molecule has 0 unspecified atom stereocenters. The number of nitrogens with zero attached hydrogens (tertiary/aromatic N) is 2. The summed E-state index contributed by atoms with van der Waals surface area (Å²) in [5.74, 6) is -1.03. The summed E-state index contributed by atoms with van der Waals surface area (Å²) >= 11 is 0. The molecule has 2 heterocycles. The number of amides is 2. The third-order valence-corrected chi connectivity index (χ3v) is 3.62. The van der Waals surface area contributed by atoms with Crippen LogP contribution >= 0.6 is 0 Å². The van der Waals surface area contributed by atoms with Gasteiger partial charge in [-0.25, -0.2) is 0 Å². The Morgan fingerprint density at radius 1 is 1.30 bits per heavy atom. The van der Waals surface area contributed by atoms with Crippen molar-refractivity contribution in [1.29, 1.82) is 0 Å². The Labute approximate surface area is 131 Å². The SMILES string of the molecule is O=C(CN1CCCCCC1=O)N[C@@H](c1ccccn1)C(F)(F)F. The number of aromatic nitrogens is 1. The zero-order chi connectivity index (χ0) is 16.9. The molecule has 1 saturated heterocycles. The van der Waals surface area contributed by atoms with E-state index in [-0.39, 0.29) is 18.1 Å². The fraction of sp³-hybridized carbons (Fsp3) is 0.533. The summed E-state index contributed by atoms with van der Waals surface area (Å²) in [5, 5.41) is 1.94. The molecule has 2 amide bonds. The predicted molar refractivity (Wildman–Crippen MR) is 76.2 cm³/mol. The van der Waals surface area contributed by atoms with Crippen molar-refractivity contribution in [2.75, 3.05) is 13.1 Å². The van der Waals surface area contributed by atoms with Gasteiger partial charge in [-0.1, -0.05) is 12.5 Å². The number of pyridine rings is 1. The molecule has 23 heavy (non-hydrogen) atoms. The van der Waals surface area contributed by atoms with Crippen LogP contribution in [0.1, 0.15) is 37.4 Å². The summed E-state index contributed by atoms with van der Waals surface area (Å²) in [6.45, 7) is 0.0325. The molecule has 5 nitrogen and oxygen atoms in total. The average Bonchev–Trinajstić information content (AvgIpc) is 2.70. The first-order valence-electron chi connectivity index (χ1n) is 7.42. The van der Waals surface area contributed by atoms with Crippen LogP contribution in [0.3, 0.4) is 0 Å². The third-order valence-electron chi connectivity index (χ3n) is 3.62. The second-order valence-corrected chi connectivity index (χ2v) is 5.42. The van der Waals surface area contributed by atoms with Crippen LogP contribution in [-0.2, 0) is 9.59 Å². The van der Waals surface area contributed by atoms with Crippen LogP contribution in [0.2, 0.25) is 0 Å². The Morgan fingerprint density at radius 2 is 2.09 bits per heavy atom. The van der Waals surface area contributed by atoms with Gasteiger partial charge in [0.1, 0.15) is 0 Å². The van der Waals surface area contributed by atoms with Gasteiger partial charge in [0.25, 0.3) is 0 Å². The zero-order valence-electron chi connectivity index (χ0n) is 12.5. The van der Waals surface area contributed by atoms with E-state index in [1.807, 2.05) is 5.32 Å². The van der Waals surface area contributed by atoms with Gasteiger partial charge in [0.05, 0.1) is 12.2 Å². The van der Waals surface area contributed by atoms with Gasteiger partial charge in [-0.15, -0.1) is 0 Å². The van der Waals surface area contributed by atoms with E-state index in [4.69, 9.17) is 0 Å². The van der Waals surface area contributed by atoms with Crippen LogP contribution in [0.25, 0.3) is 0 Å². The largest absolute Gasteiger partial charge is 0.414 e. The molecule has 0 saturated carbocycles. The lowest BCUT2D eigenvalue weighted by Crippen LogP contribution is -2.45. The molecule has 0 aliphatic carbocycles. The number of carbonyl (C=O) groups is 2. The van der Waals surface area contributed by atoms with Crippen LogP contribution in [0, 0.1) is 0 Å². The summed E-state index contributed by atoms with van der Waals surface area (Å²) in [6, 6.07) is 1.94. The van der Waals surface area contributed by atoms with E-state index in [1.54, 1.807) is 0 Å². The first-order chi connectivity index (χ1) is 10.9. The Bertz CT molecular complexity index is 549. The quantitative estimate of drug-likeness (QED) is 0.921. The number of hydrogen-bond acceptors (Lipinski definition) is 3. The number of carbonyl (C=O) groups excluding carboxylic acids is 2. The van der Waals surface area contributed by atoms with Crippen molar-refractivity contribution in [3.05, 3.63) is 30.1 Å². The lowest BCUT2D eigenvalue weighted by atomic mass is 10.1. The van der Waals surface area contributed by atoms with Gasteiger partial charge in [-0.3, -0.25) is 14.6 Å². The van der Waals surface area contributed by atoms with E-state index < -0.39 is 18.1 Å². The highest BCUT2D eigenvalue weighted by atomic mass is 19.4. The molecular weight excluding hydrogens is 311 g/mol. The van der Waals surface area contributed by atoms with Gasteiger partial charge in [0.15, 0.2) is 6.04 Å². The first-order valence-corrected chi connectivity index (χ1v) is 7.42. The van der Waals surface area contributed by atoms with Crippen molar-refractivity contribution in [1.82, 2.24) is 15.2 Å². The molecule has 2 rings (SSSR count). The highest BCUT2D eigenvalue weighted by molar-refractivity contribution is 5.85. The lowest BCUT2D eigenvalue weighted by Gasteiger charge is -2.24. The fourth-order valence-corrected chi connectivity index (χ4v) is 2.46. The fourth-order valence-electron chi connectivity index (χ4n) is 2.46. The van der Waals surface area contributed by atoms with Gasteiger partial charge in [0.2, 0.25) is 11.8 Å². The second kappa shape index (κ2) is 7.43. The molecule has 0 aromatic carbocycles. The highest BCUT2D eigenvalue weighted by Gasteiger charge is 2.43. The standard InChI is InChI=1S/C15H18F3N3O2/c16-15(17,18)14(11-6-3-4-8-19-11)20-12(22)10-21-9-5-1-2-7-13(21)23/h3-4,6,8,14H,1-2,5,7,9-10H2,(H,20,22)/t14-/m0/s1. The number of likely N-dealkylation sites (tertiary alicyclic amines) is 1. The monoisotopic (exact) mass is 329 g/mol. The summed E-state index contributed by atoms with van der Waals surface area (Å²) < 4.78 is 39.5. The minimum atomic E-state index is -4.66. The Hall–Kier alpha value is -2.12. The molecule has 1 aliphatic heterocycles. The first kappa shape index (κ1) is 17.2.